The fourth-order valence-corrected chi connectivity index (χ4v) is 3.22. The van der Waals surface area contributed by atoms with Gasteiger partial charge < -0.3 is 9.52 Å². The number of nitrogens with zero attached hydrogens (tertiary/aromatic N) is 1. The van der Waals surface area contributed by atoms with Gasteiger partial charge in [-0.05, 0) is 35.9 Å². The fraction of sp³-hybridized carbons (Fsp3) is 0.0667. The summed E-state index contributed by atoms with van der Waals surface area (Å²) in [6, 6.07) is 10.3. The minimum atomic E-state index is -0.148. The summed E-state index contributed by atoms with van der Waals surface area (Å²) in [5.41, 5.74) is 0.758. The second-order valence-corrected chi connectivity index (χ2v) is 6.12. The number of carbonyl (C=O) groups excluding carboxylic acids is 1. The average Bonchev–Trinajstić information content (AvgIpc) is 3.04. The highest BCUT2D eigenvalue weighted by molar-refractivity contribution is 8.26. The summed E-state index contributed by atoms with van der Waals surface area (Å²) >= 11 is 6.50. The van der Waals surface area contributed by atoms with E-state index in [2.05, 4.69) is 0 Å². The Morgan fingerprint density at radius 3 is 2.90 bits per heavy atom. The minimum absolute atomic E-state index is 0.148. The summed E-state index contributed by atoms with van der Waals surface area (Å²) in [5, 5.41) is 9.46. The molecule has 3 rings (SSSR count). The van der Waals surface area contributed by atoms with Crippen molar-refractivity contribution in [2.24, 2.45) is 0 Å². The molecule has 0 bridgehead atoms. The monoisotopic (exact) mass is 317 g/mol. The zero-order valence-corrected chi connectivity index (χ0v) is 12.5. The standard InChI is InChI=1S/C15H11NO3S2/c17-11-4-1-3-10(7-11)8-13-14(18)16(15(20)21-13)9-12-5-2-6-19-12/h1-8,17H,9H2/b13-8-. The molecule has 0 unspecified atom stereocenters. The number of hydrogen-bond acceptors (Lipinski definition) is 5. The van der Waals surface area contributed by atoms with E-state index in [4.69, 9.17) is 16.6 Å². The summed E-state index contributed by atoms with van der Waals surface area (Å²) in [4.78, 5) is 14.4. The molecule has 4 nitrogen and oxygen atoms in total. The van der Waals surface area contributed by atoms with Crippen molar-refractivity contribution >= 4 is 40.3 Å². The number of phenols is 1. The quantitative estimate of drug-likeness (QED) is 0.695. The highest BCUT2D eigenvalue weighted by Crippen LogP contribution is 2.33. The second-order valence-electron chi connectivity index (χ2n) is 4.44. The Morgan fingerprint density at radius 1 is 1.33 bits per heavy atom. The van der Waals surface area contributed by atoms with Crippen LogP contribution in [0.25, 0.3) is 6.08 Å². The molecule has 0 spiro atoms. The van der Waals surface area contributed by atoms with E-state index >= 15 is 0 Å². The van der Waals surface area contributed by atoms with E-state index in [9.17, 15) is 9.90 Å². The fourth-order valence-electron chi connectivity index (χ4n) is 1.96. The molecule has 1 aromatic heterocycles. The maximum atomic E-state index is 12.4. The number of hydrogen-bond donors (Lipinski definition) is 1. The Hall–Kier alpha value is -2.05. The van der Waals surface area contributed by atoms with Crippen LogP contribution in [0.2, 0.25) is 0 Å². The lowest BCUT2D eigenvalue weighted by molar-refractivity contribution is -0.122. The normalized spacial score (nSPS) is 17.0. The minimum Gasteiger partial charge on any atom is -0.508 e. The first kappa shape index (κ1) is 13.9. The highest BCUT2D eigenvalue weighted by Gasteiger charge is 2.32. The second kappa shape index (κ2) is 5.75. The van der Waals surface area contributed by atoms with Gasteiger partial charge in [0.15, 0.2) is 0 Å². The van der Waals surface area contributed by atoms with Crippen molar-refractivity contribution in [2.75, 3.05) is 0 Å². The number of carbonyl (C=O) groups is 1. The van der Waals surface area contributed by atoms with E-state index in [1.54, 1.807) is 42.7 Å². The van der Waals surface area contributed by atoms with Crippen molar-refractivity contribution in [3.63, 3.8) is 0 Å². The zero-order chi connectivity index (χ0) is 14.8. The molecule has 2 aromatic rings. The van der Waals surface area contributed by atoms with Gasteiger partial charge in [0, 0.05) is 0 Å². The third-order valence-corrected chi connectivity index (χ3v) is 4.31. The highest BCUT2D eigenvalue weighted by atomic mass is 32.2. The smallest absolute Gasteiger partial charge is 0.266 e. The van der Waals surface area contributed by atoms with Crippen molar-refractivity contribution in [3.8, 4) is 5.75 Å². The number of rotatable bonds is 3. The number of aromatic hydroxyl groups is 1. The Labute approximate surface area is 131 Å². The van der Waals surface area contributed by atoms with E-state index in [1.165, 1.54) is 16.7 Å². The number of thiocarbonyl (C=S) groups is 1. The third kappa shape index (κ3) is 3.01. The number of phenolic OH excluding ortho intramolecular Hbond substituents is 1. The lowest BCUT2D eigenvalue weighted by Gasteiger charge is -2.11. The van der Waals surface area contributed by atoms with Gasteiger partial charge in [0.2, 0.25) is 0 Å². The van der Waals surface area contributed by atoms with Gasteiger partial charge in [0.25, 0.3) is 5.91 Å². The molecule has 0 aliphatic carbocycles. The molecule has 1 aromatic carbocycles. The Morgan fingerprint density at radius 2 is 2.19 bits per heavy atom. The van der Waals surface area contributed by atoms with Gasteiger partial charge in [0.05, 0.1) is 17.7 Å². The predicted octanol–water partition coefficient (Wildman–Crippen LogP) is 3.39. The molecular formula is C15H11NO3S2. The van der Waals surface area contributed by atoms with Crippen LogP contribution in [0.4, 0.5) is 0 Å². The van der Waals surface area contributed by atoms with E-state index in [1.807, 2.05) is 6.07 Å². The van der Waals surface area contributed by atoms with Crippen LogP contribution in [0.15, 0.2) is 52.0 Å². The molecule has 6 heteroatoms. The Balaban J connectivity index is 1.83. The van der Waals surface area contributed by atoms with E-state index < -0.39 is 0 Å². The molecule has 1 aliphatic heterocycles. The van der Waals surface area contributed by atoms with Crippen molar-refractivity contribution in [1.82, 2.24) is 4.90 Å². The number of amides is 1. The molecule has 2 heterocycles. The van der Waals surface area contributed by atoms with Crippen LogP contribution in [-0.2, 0) is 11.3 Å². The topological polar surface area (TPSA) is 53.7 Å². The first-order valence-electron chi connectivity index (χ1n) is 6.20. The average molecular weight is 317 g/mol. The third-order valence-electron chi connectivity index (χ3n) is 2.94. The van der Waals surface area contributed by atoms with Gasteiger partial charge in [-0.15, -0.1) is 0 Å². The first-order valence-corrected chi connectivity index (χ1v) is 7.43. The Bertz CT molecular complexity index is 722. The van der Waals surface area contributed by atoms with Crippen LogP contribution in [0, 0.1) is 0 Å². The van der Waals surface area contributed by atoms with Gasteiger partial charge in [-0.3, -0.25) is 9.69 Å². The maximum absolute atomic E-state index is 12.4. The van der Waals surface area contributed by atoms with E-state index in [0.717, 1.165) is 5.56 Å². The van der Waals surface area contributed by atoms with Crippen LogP contribution < -0.4 is 0 Å². The Kier molecular flexibility index (Phi) is 3.81. The van der Waals surface area contributed by atoms with Crippen LogP contribution >= 0.6 is 24.0 Å². The number of thioether (sulfide) groups is 1. The summed E-state index contributed by atoms with van der Waals surface area (Å²) in [6.45, 7) is 0.328. The van der Waals surface area contributed by atoms with E-state index in [-0.39, 0.29) is 11.7 Å². The van der Waals surface area contributed by atoms with Gasteiger partial charge >= 0.3 is 0 Å². The van der Waals surface area contributed by atoms with Crippen LogP contribution in [-0.4, -0.2) is 20.2 Å². The molecule has 0 radical (unpaired) electrons. The summed E-state index contributed by atoms with van der Waals surface area (Å²) in [5.74, 6) is 0.699. The number of furan rings is 1. The van der Waals surface area contributed by atoms with Gasteiger partial charge in [-0.25, -0.2) is 0 Å². The maximum Gasteiger partial charge on any atom is 0.266 e. The predicted molar refractivity (Wildman–Crippen MR) is 85.5 cm³/mol. The first-order chi connectivity index (χ1) is 10.1. The van der Waals surface area contributed by atoms with Crippen LogP contribution in [0.1, 0.15) is 11.3 Å². The SMILES string of the molecule is O=C1/C(=C/c2cccc(O)c2)SC(=S)N1Cc1ccco1. The molecule has 0 atom stereocenters. The molecule has 21 heavy (non-hydrogen) atoms. The number of benzene rings is 1. The molecule has 1 saturated heterocycles. The van der Waals surface area contributed by atoms with Gasteiger partial charge in [0.1, 0.15) is 15.8 Å². The molecular weight excluding hydrogens is 306 g/mol. The van der Waals surface area contributed by atoms with Crippen molar-refractivity contribution in [1.29, 1.82) is 0 Å². The van der Waals surface area contributed by atoms with Gasteiger partial charge in [-0.1, -0.05) is 36.1 Å². The molecule has 0 saturated carbocycles. The molecule has 1 N–H and O–H groups in total. The molecule has 1 amide bonds. The lowest BCUT2D eigenvalue weighted by Crippen LogP contribution is -2.27. The summed E-state index contributed by atoms with van der Waals surface area (Å²) in [6.07, 6.45) is 3.29. The molecule has 1 fully saturated rings. The van der Waals surface area contributed by atoms with E-state index in [0.29, 0.717) is 21.5 Å². The van der Waals surface area contributed by atoms with Gasteiger partial charge in [-0.2, -0.15) is 0 Å². The van der Waals surface area contributed by atoms with Crippen molar-refractivity contribution < 1.29 is 14.3 Å². The van der Waals surface area contributed by atoms with Crippen LogP contribution in [0.5, 0.6) is 5.75 Å². The zero-order valence-electron chi connectivity index (χ0n) is 10.9. The molecule has 1 aliphatic rings. The molecule has 106 valence electrons. The summed E-state index contributed by atoms with van der Waals surface area (Å²) < 4.78 is 5.75. The van der Waals surface area contributed by atoms with Crippen molar-refractivity contribution in [2.45, 2.75) is 6.54 Å². The van der Waals surface area contributed by atoms with Crippen molar-refractivity contribution in [3.05, 3.63) is 58.9 Å². The van der Waals surface area contributed by atoms with Crippen LogP contribution in [0.3, 0.4) is 0 Å². The summed E-state index contributed by atoms with van der Waals surface area (Å²) in [7, 11) is 0. The largest absolute Gasteiger partial charge is 0.508 e. The lowest BCUT2D eigenvalue weighted by atomic mass is 10.2.